The van der Waals surface area contributed by atoms with Crippen molar-refractivity contribution >= 4 is 0 Å². The van der Waals surface area contributed by atoms with Gasteiger partial charge in [-0.2, -0.15) is 0 Å². The van der Waals surface area contributed by atoms with Crippen molar-refractivity contribution in [2.24, 2.45) is 0 Å². The van der Waals surface area contributed by atoms with Crippen LogP contribution in [0, 0.1) is 23.5 Å². The Balaban J connectivity index is 2.23. The Morgan fingerprint density at radius 2 is 1.95 bits per heavy atom. The lowest BCUT2D eigenvalue weighted by atomic mass is 10.1. The molecule has 0 radical (unpaired) electrons. The van der Waals surface area contributed by atoms with E-state index in [1.165, 1.54) is 6.07 Å². The average Bonchev–Trinajstić information content (AvgIpc) is 2.43. The second-order valence-corrected chi connectivity index (χ2v) is 4.11. The van der Waals surface area contributed by atoms with Crippen molar-refractivity contribution in [1.82, 2.24) is 4.98 Å². The molecule has 0 unspecified atom stereocenters. The Bertz CT molecular complexity index is 621. The van der Waals surface area contributed by atoms with Gasteiger partial charge in [-0.15, -0.1) is 0 Å². The van der Waals surface area contributed by atoms with Crippen LogP contribution in [0.15, 0.2) is 36.5 Å². The van der Waals surface area contributed by atoms with E-state index in [-0.39, 0.29) is 0 Å². The summed E-state index contributed by atoms with van der Waals surface area (Å²) in [5.41, 5.74) is 1.96. The summed E-state index contributed by atoms with van der Waals surface area (Å²) in [5.74, 6) is 4.30. The Labute approximate surface area is 111 Å². The molecule has 3 heteroatoms. The third kappa shape index (κ3) is 3.38. The molecule has 0 saturated heterocycles. The molecule has 2 aromatic rings. The van der Waals surface area contributed by atoms with Crippen molar-refractivity contribution in [3.05, 3.63) is 53.7 Å². The van der Waals surface area contributed by atoms with Gasteiger partial charge in [0.15, 0.2) is 11.6 Å². The van der Waals surface area contributed by atoms with Gasteiger partial charge in [0.2, 0.25) is 0 Å². The van der Waals surface area contributed by atoms with E-state index in [9.17, 15) is 8.78 Å². The smallest absolute Gasteiger partial charge is 0.159 e. The van der Waals surface area contributed by atoms with Crippen LogP contribution < -0.4 is 0 Å². The van der Waals surface area contributed by atoms with E-state index in [1.807, 2.05) is 6.07 Å². The van der Waals surface area contributed by atoms with Gasteiger partial charge in [0.1, 0.15) is 0 Å². The van der Waals surface area contributed by atoms with Crippen molar-refractivity contribution in [2.75, 3.05) is 0 Å². The molecule has 0 amide bonds. The minimum atomic E-state index is -0.869. The number of rotatable bonds is 2. The monoisotopic (exact) mass is 257 g/mol. The second kappa shape index (κ2) is 6.10. The summed E-state index contributed by atoms with van der Waals surface area (Å²) in [5, 5.41) is 0. The van der Waals surface area contributed by atoms with E-state index < -0.39 is 11.6 Å². The minimum Gasteiger partial charge on any atom is -0.255 e. The van der Waals surface area contributed by atoms with Crippen molar-refractivity contribution < 1.29 is 8.78 Å². The van der Waals surface area contributed by atoms with Crippen LogP contribution in [0.2, 0.25) is 0 Å². The molecule has 19 heavy (non-hydrogen) atoms. The van der Waals surface area contributed by atoms with Crippen molar-refractivity contribution in [3.8, 4) is 23.1 Å². The van der Waals surface area contributed by atoms with E-state index in [0.717, 1.165) is 30.5 Å². The van der Waals surface area contributed by atoms with Crippen LogP contribution in [-0.4, -0.2) is 4.98 Å². The highest BCUT2D eigenvalue weighted by Gasteiger charge is 2.05. The Hall–Kier alpha value is -2.21. The highest BCUT2D eigenvalue weighted by Crippen LogP contribution is 2.19. The van der Waals surface area contributed by atoms with Crippen LogP contribution in [0.25, 0.3) is 11.3 Å². The number of benzene rings is 1. The topological polar surface area (TPSA) is 12.9 Å². The molecule has 1 heterocycles. The zero-order valence-electron chi connectivity index (χ0n) is 10.6. The summed E-state index contributed by atoms with van der Waals surface area (Å²) in [7, 11) is 0. The van der Waals surface area contributed by atoms with Gasteiger partial charge in [0.25, 0.3) is 0 Å². The highest BCUT2D eigenvalue weighted by atomic mass is 19.2. The van der Waals surface area contributed by atoms with Gasteiger partial charge in [-0.25, -0.2) is 8.78 Å². The van der Waals surface area contributed by atoms with Gasteiger partial charge in [0.05, 0.1) is 5.69 Å². The first-order chi connectivity index (χ1) is 9.20. The summed E-state index contributed by atoms with van der Waals surface area (Å²) in [6.45, 7) is 2.07. The Kier molecular flexibility index (Phi) is 4.25. The largest absolute Gasteiger partial charge is 0.255 e. The predicted octanol–water partition coefficient (Wildman–Crippen LogP) is 4.18. The predicted molar refractivity (Wildman–Crippen MR) is 71.4 cm³/mol. The number of hydrogen-bond acceptors (Lipinski definition) is 1. The Morgan fingerprint density at radius 1 is 1.11 bits per heavy atom. The zero-order valence-corrected chi connectivity index (χ0v) is 10.6. The molecular weight excluding hydrogens is 244 g/mol. The molecule has 96 valence electrons. The lowest BCUT2D eigenvalue weighted by Crippen LogP contribution is -1.88. The maximum Gasteiger partial charge on any atom is 0.159 e. The van der Waals surface area contributed by atoms with Crippen molar-refractivity contribution in [3.63, 3.8) is 0 Å². The van der Waals surface area contributed by atoms with Crippen LogP contribution in [0.3, 0.4) is 0 Å². The fraction of sp³-hybridized carbons (Fsp3) is 0.188. The number of pyridine rings is 1. The number of halogens is 2. The maximum atomic E-state index is 13.1. The van der Waals surface area contributed by atoms with E-state index in [4.69, 9.17) is 0 Å². The van der Waals surface area contributed by atoms with Gasteiger partial charge < -0.3 is 0 Å². The minimum absolute atomic E-state index is 0.548. The Morgan fingerprint density at radius 3 is 2.58 bits per heavy atom. The standard InChI is InChI=1S/C16H13F2N/c1-2-3-4-5-12-6-9-16(19-11-12)13-7-8-14(17)15(18)10-13/h6-11H,2-3H2,1H3. The molecule has 0 saturated carbocycles. The molecule has 0 fully saturated rings. The van der Waals surface area contributed by atoms with Gasteiger partial charge in [-0.3, -0.25) is 4.98 Å². The number of hydrogen-bond donors (Lipinski definition) is 0. The molecule has 0 N–H and O–H groups in total. The second-order valence-electron chi connectivity index (χ2n) is 4.11. The third-order valence-electron chi connectivity index (χ3n) is 2.59. The fourth-order valence-corrected chi connectivity index (χ4v) is 1.58. The van der Waals surface area contributed by atoms with Crippen LogP contribution in [0.5, 0.6) is 0 Å². The summed E-state index contributed by atoms with van der Waals surface area (Å²) >= 11 is 0. The van der Waals surface area contributed by atoms with Gasteiger partial charge in [-0.1, -0.05) is 18.8 Å². The lowest BCUT2D eigenvalue weighted by Gasteiger charge is -2.01. The normalized spacial score (nSPS) is 9.84. The highest BCUT2D eigenvalue weighted by molar-refractivity contribution is 5.59. The van der Waals surface area contributed by atoms with Crippen LogP contribution >= 0.6 is 0 Å². The molecule has 0 spiro atoms. The lowest BCUT2D eigenvalue weighted by molar-refractivity contribution is 0.509. The van der Waals surface area contributed by atoms with Gasteiger partial charge in [0, 0.05) is 23.7 Å². The number of nitrogens with zero attached hydrogens (tertiary/aromatic N) is 1. The quantitative estimate of drug-likeness (QED) is 0.735. The first kappa shape index (κ1) is 13.2. The molecule has 2 rings (SSSR count). The number of aromatic nitrogens is 1. The summed E-state index contributed by atoms with van der Waals surface area (Å²) in [6.07, 6.45) is 3.51. The van der Waals surface area contributed by atoms with E-state index in [2.05, 4.69) is 23.7 Å². The fourth-order valence-electron chi connectivity index (χ4n) is 1.58. The summed E-state index contributed by atoms with van der Waals surface area (Å²) in [4.78, 5) is 4.21. The zero-order chi connectivity index (χ0) is 13.7. The van der Waals surface area contributed by atoms with E-state index in [1.54, 1.807) is 12.3 Å². The summed E-state index contributed by atoms with van der Waals surface area (Å²) in [6, 6.07) is 7.32. The molecule has 1 aromatic heterocycles. The molecule has 0 bridgehead atoms. The average molecular weight is 257 g/mol. The molecule has 0 aliphatic carbocycles. The summed E-state index contributed by atoms with van der Waals surface area (Å²) < 4.78 is 26.0. The maximum absolute atomic E-state index is 13.1. The molecular formula is C16H13F2N. The van der Waals surface area contributed by atoms with Crippen molar-refractivity contribution in [1.29, 1.82) is 0 Å². The third-order valence-corrected chi connectivity index (χ3v) is 2.59. The van der Waals surface area contributed by atoms with E-state index in [0.29, 0.717) is 11.3 Å². The molecule has 1 aromatic carbocycles. The first-order valence-electron chi connectivity index (χ1n) is 6.11. The number of unbranched alkanes of at least 4 members (excludes halogenated alkanes) is 1. The van der Waals surface area contributed by atoms with Crippen LogP contribution in [0.4, 0.5) is 8.78 Å². The van der Waals surface area contributed by atoms with Crippen LogP contribution in [0.1, 0.15) is 25.3 Å². The molecule has 0 aliphatic rings. The van der Waals surface area contributed by atoms with Crippen molar-refractivity contribution in [2.45, 2.75) is 19.8 Å². The van der Waals surface area contributed by atoms with Gasteiger partial charge in [-0.05, 0) is 36.8 Å². The van der Waals surface area contributed by atoms with Gasteiger partial charge >= 0.3 is 0 Å². The SMILES string of the molecule is CCCC#Cc1ccc(-c2ccc(F)c(F)c2)nc1. The molecule has 0 aliphatic heterocycles. The van der Waals surface area contributed by atoms with Crippen LogP contribution in [-0.2, 0) is 0 Å². The van der Waals surface area contributed by atoms with E-state index >= 15 is 0 Å². The molecule has 1 nitrogen and oxygen atoms in total. The molecule has 0 atom stereocenters. The first-order valence-corrected chi connectivity index (χ1v) is 6.11.